The zero-order chi connectivity index (χ0) is 14.3. The van der Waals surface area contributed by atoms with Gasteiger partial charge in [0.25, 0.3) is 0 Å². The summed E-state index contributed by atoms with van der Waals surface area (Å²) < 4.78 is 31.5. The Bertz CT molecular complexity index is 338. The monoisotopic (exact) mass is 292 g/mol. The number of sulfonamides is 1. The van der Waals surface area contributed by atoms with Crippen molar-refractivity contribution in [1.82, 2.24) is 9.62 Å². The van der Waals surface area contributed by atoms with E-state index in [1.165, 1.54) is 0 Å². The molecule has 19 heavy (non-hydrogen) atoms. The van der Waals surface area contributed by atoms with E-state index in [0.717, 1.165) is 25.9 Å². The van der Waals surface area contributed by atoms with Gasteiger partial charge in [-0.25, -0.2) is 12.7 Å². The number of nitrogens with one attached hydrogen (secondary N) is 1. The number of hydrogen-bond donors (Lipinski definition) is 1. The lowest BCUT2D eigenvalue weighted by Gasteiger charge is -2.28. The van der Waals surface area contributed by atoms with Gasteiger partial charge in [-0.15, -0.1) is 0 Å². The summed E-state index contributed by atoms with van der Waals surface area (Å²) in [5, 5.41) is 3.30. The summed E-state index contributed by atoms with van der Waals surface area (Å²) in [7, 11) is -3.18. The van der Waals surface area contributed by atoms with Crippen LogP contribution in [0.3, 0.4) is 0 Å². The van der Waals surface area contributed by atoms with Gasteiger partial charge < -0.3 is 10.1 Å². The van der Waals surface area contributed by atoms with Crippen molar-refractivity contribution in [3.63, 3.8) is 0 Å². The average molecular weight is 292 g/mol. The quantitative estimate of drug-likeness (QED) is 0.727. The summed E-state index contributed by atoms with van der Waals surface area (Å²) in [6, 6.07) is 0. The molecule has 0 aliphatic carbocycles. The molecule has 0 atom stereocenters. The van der Waals surface area contributed by atoms with Gasteiger partial charge in [-0.1, -0.05) is 6.92 Å². The number of piperidine rings is 1. The van der Waals surface area contributed by atoms with Crippen molar-refractivity contribution in [3.8, 4) is 0 Å². The summed E-state index contributed by atoms with van der Waals surface area (Å²) in [4.78, 5) is 0. The van der Waals surface area contributed by atoms with E-state index in [0.29, 0.717) is 19.0 Å². The smallest absolute Gasteiger partial charge is 0.216 e. The molecule has 0 saturated carbocycles. The maximum absolute atomic E-state index is 12.2. The molecule has 0 aromatic rings. The van der Waals surface area contributed by atoms with Crippen molar-refractivity contribution in [1.29, 1.82) is 0 Å². The summed E-state index contributed by atoms with van der Waals surface area (Å²) in [6.45, 7) is 9.22. The fraction of sp³-hybridized carbons (Fsp3) is 1.00. The van der Waals surface area contributed by atoms with Gasteiger partial charge >= 0.3 is 0 Å². The molecule has 0 spiro atoms. The van der Waals surface area contributed by atoms with Crippen molar-refractivity contribution < 1.29 is 13.2 Å². The minimum atomic E-state index is -3.18. The Morgan fingerprint density at radius 3 is 2.47 bits per heavy atom. The van der Waals surface area contributed by atoms with Gasteiger partial charge in [-0.05, 0) is 45.7 Å². The number of nitrogens with zero attached hydrogens (tertiary/aromatic N) is 1. The molecule has 0 amide bonds. The van der Waals surface area contributed by atoms with E-state index in [-0.39, 0.29) is 18.5 Å². The van der Waals surface area contributed by atoms with Crippen LogP contribution in [0.15, 0.2) is 0 Å². The van der Waals surface area contributed by atoms with E-state index < -0.39 is 10.0 Å². The highest BCUT2D eigenvalue weighted by atomic mass is 32.2. The molecule has 5 nitrogen and oxygen atoms in total. The van der Waals surface area contributed by atoms with E-state index in [4.69, 9.17) is 4.74 Å². The fourth-order valence-electron chi connectivity index (χ4n) is 2.31. The van der Waals surface area contributed by atoms with E-state index in [1.54, 1.807) is 4.31 Å². The van der Waals surface area contributed by atoms with E-state index >= 15 is 0 Å². The molecule has 0 aromatic heterocycles. The fourth-order valence-corrected chi connectivity index (χ4v) is 3.71. The minimum Gasteiger partial charge on any atom is -0.378 e. The van der Waals surface area contributed by atoms with Gasteiger partial charge in [-0.3, -0.25) is 0 Å². The van der Waals surface area contributed by atoms with Crippen LogP contribution in [0.2, 0.25) is 0 Å². The van der Waals surface area contributed by atoms with Crippen LogP contribution in [0.4, 0.5) is 0 Å². The van der Waals surface area contributed by atoms with Gasteiger partial charge in [0, 0.05) is 13.1 Å². The molecular formula is C13H28N2O3S. The highest BCUT2D eigenvalue weighted by Crippen LogP contribution is 2.15. The third-order valence-corrected chi connectivity index (χ3v) is 5.34. The SMILES string of the molecule is CCN(CC1CCNCC1)S(=O)(=O)CCOC(C)C. The van der Waals surface area contributed by atoms with Gasteiger partial charge in [-0.2, -0.15) is 0 Å². The topological polar surface area (TPSA) is 58.6 Å². The van der Waals surface area contributed by atoms with E-state index in [1.807, 2.05) is 20.8 Å². The molecule has 0 radical (unpaired) electrons. The first-order valence-corrected chi connectivity index (χ1v) is 8.86. The summed E-state index contributed by atoms with van der Waals surface area (Å²) in [5.74, 6) is 0.575. The first kappa shape index (κ1) is 16.9. The highest BCUT2D eigenvalue weighted by molar-refractivity contribution is 7.89. The van der Waals surface area contributed by atoms with E-state index in [2.05, 4.69) is 5.32 Å². The summed E-state index contributed by atoms with van der Waals surface area (Å²) >= 11 is 0. The third-order valence-electron chi connectivity index (χ3n) is 3.46. The Balaban J connectivity index is 2.46. The second-order valence-corrected chi connectivity index (χ2v) is 7.47. The van der Waals surface area contributed by atoms with Crippen LogP contribution < -0.4 is 5.32 Å². The van der Waals surface area contributed by atoms with Gasteiger partial charge in [0.2, 0.25) is 10.0 Å². The molecule has 1 saturated heterocycles. The van der Waals surface area contributed by atoms with Gasteiger partial charge in [0.05, 0.1) is 18.5 Å². The average Bonchev–Trinajstić information content (AvgIpc) is 2.36. The van der Waals surface area contributed by atoms with Crippen LogP contribution in [-0.4, -0.2) is 57.4 Å². The van der Waals surface area contributed by atoms with Gasteiger partial charge in [0.15, 0.2) is 0 Å². The van der Waals surface area contributed by atoms with Crippen LogP contribution in [-0.2, 0) is 14.8 Å². The molecule has 0 aromatic carbocycles. The van der Waals surface area contributed by atoms with Crippen LogP contribution >= 0.6 is 0 Å². The summed E-state index contributed by atoms with van der Waals surface area (Å²) in [6.07, 6.45) is 2.21. The number of rotatable bonds is 8. The standard InChI is InChI=1S/C13H28N2O3S/c1-4-15(11-13-5-7-14-8-6-13)19(16,17)10-9-18-12(2)3/h12-14H,4-11H2,1-3H3. The third kappa shape index (κ3) is 6.21. The lowest BCUT2D eigenvalue weighted by molar-refractivity contribution is 0.0906. The van der Waals surface area contributed by atoms with Gasteiger partial charge in [0.1, 0.15) is 0 Å². The zero-order valence-electron chi connectivity index (χ0n) is 12.4. The first-order valence-electron chi connectivity index (χ1n) is 7.26. The largest absolute Gasteiger partial charge is 0.378 e. The second-order valence-electron chi connectivity index (χ2n) is 5.38. The minimum absolute atomic E-state index is 0.0784. The molecule has 6 heteroatoms. The van der Waals surface area contributed by atoms with Crippen LogP contribution in [0.5, 0.6) is 0 Å². The van der Waals surface area contributed by atoms with Crippen molar-refractivity contribution in [2.45, 2.75) is 39.7 Å². The molecule has 114 valence electrons. The van der Waals surface area contributed by atoms with Crippen molar-refractivity contribution >= 4 is 10.0 Å². The predicted octanol–water partition coefficient (Wildman–Crippen LogP) is 1.06. The number of ether oxygens (including phenoxy) is 1. The lowest BCUT2D eigenvalue weighted by atomic mass is 9.98. The Labute approximate surface area is 117 Å². The molecule has 1 fully saturated rings. The maximum atomic E-state index is 12.2. The molecule has 0 unspecified atom stereocenters. The molecule has 1 N–H and O–H groups in total. The normalized spacial score (nSPS) is 18.4. The Morgan fingerprint density at radius 2 is 1.95 bits per heavy atom. The summed E-state index contributed by atoms with van der Waals surface area (Å²) in [5.41, 5.74) is 0. The Kier molecular flexibility index (Phi) is 7.28. The molecule has 1 heterocycles. The Hall–Kier alpha value is -0.170. The molecular weight excluding hydrogens is 264 g/mol. The van der Waals surface area contributed by atoms with Crippen molar-refractivity contribution in [3.05, 3.63) is 0 Å². The predicted molar refractivity (Wildman–Crippen MR) is 77.7 cm³/mol. The molecule has 1 aliphatic heterocycles. The first-order chi connectivity index (χ1) is 8.95. The van der Waals surface area contributed by atoms with E-state index in [9.17, 15) is 8.42 Å². The molecule has 1 aliphatic rings. The van der Waals surface area contributed by atoms with Crippen LogP contribution in [0, 0.1) is 5.92 Å². The molecule has 0 bridgehead atoms. The van der Waals surface area contributed by atoms with Crippen LogP contribution in [0.1, 0.15) is 33.6 Å². The molecule has 1 rings (SSSR count). The Morgan fingerprint density at radius 1 is 1.32 bits per heavy atom. The number of hydrogen-bond acceptors (Lipinski definition) is 4. The maximum Gasteiger partial charge on any atom is 0.216 e. The van der Waals surface area contributed by atoms with Crippen molar-refractivity contribution in [2.24, 2.45) is 5.92 Å². The zero-order valence-corrected chi connectivity index (χ0v) is 13.2. The second kappa shape index (κ2) is 8.19. The highest BCUT2D eigenvalue weighted by Gasteiger charge is 2.24. The lowest BCUT2D eigenvalue weighted by Crippen LogP contribution is -2.40. The van der Waals surface area contributed by atoms with Crippen molar-refractivity contribution in [2.75, 3.05) is 38.5 Å². The van der Waals surface area contributed by atoms with Crippen LogP contribution in [0.25, 0.3) is 0 Å².